The van der Waals surface area contributed by atoms with E-state index in [2.05, 4.69) is 159 Å². The molecular weight excluding hydrogens is 456 g/mol. The molecule has 0 spiro atoms. The van der Waals surface area contributed by atoms with Gasteiger partial charge in [-0.05, 0) is 80.6 Å². The molecule has 0 heteroatoms. The Morgan fingerprint density at radius 3 is 0.868 bits per heavy atom. The van der Waals surface area contributed by atoms with Gasteiger partial charge in [-0.2, -0.15) is 0 Å². The molecule has 38 heavy (non-hydrogen) atoms. The molecule has 0 amide bonds. The van der Waals surface area contributed by atoms with E-state index in [1.54, 1.807) is 0 Å². The van der Waals surface area contributed by atoms with Crippen LogP contribution in [0.4, 0.5) is 0 Å². The Morgan fingerprint density at radius 1 is 0.263 bits per heavy atom. The fourth-order valence-corrected chi connectivity index (χ4v) is 5.28. The third kappa shape index (κ3) is 4.82. The summed E-state index contributed by atoms with van der Waals surface area (Å²) in [4.78, 5) is 0. The Balaban J connectivity index is 1.21. The lowest BCUT2D eigenvalue weighted by molar-refractivity contribution is 1.45. The molecule has 0 bridgehead atoms. The second-order valence-corrected chi connectivity index (χ2v) is 9.95. The highest BCUT2D eigenvalue weighted by atomic mass is 14.1. The summed E-state index contributed by atoms with van der Waals surface area (Å²) >= 11 is 0. The number of benzene rings is 6. The van der Waals surface area contributed by atoms with E-state index in [-0.39, 0.29) is 0 Å². The normalized spacial score (nSPS) is 10.9. The topological polar surface area (TPSA) is 0 Å². The van der Waals surface area contributed by atoms with Crippen molar-refractivity contribution in [2.75, 3.05) is 0 Å². The third-order valence-electron chi connectivity index (χ3n) is 7.39. The molecule has 0 aliphatic rings. The molecule has 0 aliphatic carbocycles. The summed E-state index contributed by atoms with van der Waals surface area (Å²) in [6, 6.07) is 52.5. The van der Waals surface area contributed by atoms with Crippen molar-refractivity contribution in [3.8, 4) is 55.6 Å². The van der Waals surface area contributed by atoms with Crippen molar-refractivity contribution in [2.45, 2.75) is 13.8 Å². The molecule has 0 saturated heterocycles. The molecule has 0 unspecified atom stereocenters. The molecule has 0 atom stereocenters. The highest BCUT2D eigenvalue weighted by Gasteiger charge is 2.07. The summed E-state index contributed by atoms with van der Waals surface area (Å²) in [7, 11) is 0. The van der Waals surface area contributed by atoms with Crippen molar-refractivity contribution in [1.29, 1.82) is 0 Å². The first kappa shape index (κ1) is 23.7. The molecule has 0 fully saturated rings. The number of rotatable bonds is 5. The van der Waals surface area contributed by atoms with E-state index in [4.69, 9.17) is 0 Å². The van der Waals surface area contributed by atoms with Gasteiger partial charge in [-0.15, -0.1) is 0 Å². The third-order valence-corrected chi connectivity index (χ3v) is 7.39. The Bertz CT molecular complexity index is 1540. The van der Waals surface area contributed by atoms with Crippen LogP contribution in [0.2, 0.25) is 0 Å². The van der Waals surface area contributed by atoms with Gasteiger partial charge in [0, 0.05) is 0 Å². The van der Waals surface area contributed by atoms with Crippen LogP contribution in [0, 0.1) is 13.8 Å². The van der Waals surface area contributed by atoms with Crippen LogP contribution in [0.5, 0.6) is 0 Å². The van der Waals surface area contributed by atoms with Crippen LogP contribution in [-0.2, 0) is 0 Å². The van der Waals surface area contributed by atoms with Gasteiger partial charge in [0.2, 0.25) is 0 Å². The molecule has 6 aromatic rings. The molecule has 0 aromatic heterocycles. The van der Waals surface area contributed by atoms with Crippen LogP contribution < -0.4 is 0 Å². The summed E-state index contributed by atoms with van der Waals surface area (Å²) in [5.74, 6) is 0. The Kier molecular flexibility index (Phi) is 6.46. The first-order chi connectivity index (χ1) is 18.7. The maximum atomic E-state index is 2.29. The molecule has 6 rings (SSSR count). The van der Waals surface area contributed by atoms with Gasteiger partial charge in [0.05, 0.1) is 0 Å². The van der Waals surface area contributed by atoms with Crippen LogP contribution in [-0.4, -0.2) is 0 Å². The van der Waals surface area contributed by atoms with Gasteiger partial charge in [-0.3, -0.25) is 0 Å². The van der Waals surface area contributed by atoms with E-state index in [0.29, 0.717) is 0 Å². The van der Waals surface area contributed by atoms with Gasteiger partial charge in [0.25, 0.3) is 0 Å². The molecule has 0 aliphatic heterocycles. The highest BCUT2D eigenvalue weighted by molar-refractivity contribution is 5.77. The summed E-state index contributed by atoms with van der Waals surface area (Å²) in [5.41, 5.74) is 15.1. The summed E-state index contributed by atoms with van der Waals surface area (Å²) < 4.78 is 0. The first-order valence-corrected chi connectivity index (χ1v) is 13.2. The average molecular weight is 487 g/mol. The summed E-state index contributed by atoms with van der Waals surface area (Å²) in [5, 5.41) is 0. The van der Waals surface area contributed by atoms with Gasteiger partial charge in [0.15, 0.2) is 0 Å². The predicted molar refractivity (Wildman–Crippen MR) is 163 cm³/mol. The van der Waals surface area contributed by atoms with Gasteiger partial charge in [-0.25, -0.2) is 0 Å². The molecule has 0 nitrogen and oxygen atoms in total. The van der Waals surface area contributed by atoms with Gasteiger partial charge in [-0.1, -0.05) is 146 Å². The Hall–Kier alpha value is -4.68. The number of hydrogen-bond acceptors (Lipinski definition) is 0. The van der Waals surface area contributed by atoms with Crippen molar-refractivity contribution < 1.29 is 0 Å². The standard InChI is InChI=1S/C38H30/c1-27-25-35(21-23-37(27)33-9-5-3-6-10-33)31-17-13-29(14-18-31)30-15-19-32(20-16-30)36-22-24-38(28(2)26-36)34-11-7-4-8-12-34/h3-26H,1-2H3. The predicted octanol–water partition coefficient (Wildman–Crippen LogP) is 10.6. The summed E-state index contributed by atoms with van der Waals surface area (Å²) in [6.45, 7) is 4.39. The second-order valence-electron chi connectivity index (χ2n) is 9.95. The fraction of sp³-hybridized carbons (Fsp3) is 0.0526. The lowest BCUT2D eigenvalue weighted by Crippen LogP contribution is -1.87. The van der Waals surface area contributed by atoms with Crippen LogP contribution in [0.1, 0.15) is 11.1 Å². The van der Waals surface area contributed by atoms with E-state index in [9.17, 15) is 0 Å². The Morgan fingerprint density at radius 2 is 0.553 bits per heavy atom. The SMILES string of the molecule is Cc1cc(-c2ccc(-c3ccc(-c4ccc(-c5ccccc5)c(C)c4)cc3)cc2)ccc1-c1ccccc1. The van der Waals surface area contributed by atoms with Crippen molar-refractivity contribution in [1.82, 2.24) is 0 Å². The van der Waals surface area contributed by atoms with E-state index >= 15 is 0 Å². The van der Waals surface area contributed by atoms with Gasteiger partial charge < -0.3 is 0 Å². The van der Waals surface area contributed by atoms with Crippen LogP contribution >= 0.6 is 0 Å². The maximum absolute atomic E-state index is 2.29. The van der Waals surface area contributed by atoms with E-state index in [1.807, 2.05) is 0 Å². The van der Waals surface area contributed by atoms with E-state index in [0.717, 1.165) is 0 Å². The van der Waals surface area contributed by atoms with Crippen LogP contribution in [0.25, 0.3) is 55.6 Å². The Labute approximate surface area is 225 Å². The van der Waals surface area contributed by atoms with E-state index in [1.165, 1.54) is 66.8 Å². The van der Waals surface area contributed by atoms with Crippen molar-refractivity contribution in [3.63, 3.8) is 0 Å². The minimum absolute atomic E-state index is 1.23. The van der Waals surface area contributed by atoms with Gasteiger partial charge in [0.1, 0.15) is 0 Å². The second kappa shape index (κ2) is 10.4. The highest BCUT2D eigenvalue weighted by Crippen LogP contribution is 2.32. The smallest absolute Gasteiger partial charge is 0.0154 e. The first-order valence-electron chi connectivity index (χ1n) is 13.2. The summed E-state index contributed by atoms with van der Waals surface area (Å²) in [6.07, 6.45) is 0. The maximum Gasteiger partial charge on any atom is -0.0154 e. The number of hydrogen-bond donors (Lipinski definition) is 0. The van der Waals surface area contributed by atoms with Crippen molar-refractivity contribution in [2.24, 2.45) is 0 Å². The van der Waals surface area contributed by atoms with Crippen LogP contribution in [0.15, 0.2) is 146 Å². The largest absolute Gasteiger partial charge is 0.0622 e. The quantitative estimate of drug-likeness (QED) is 0.227. The monoisotopic (exact) mass is 486 g/mol. The van der Waals surface area contributed by atoms with Crippen LogP contribution in [0.3, 0.4) is 0 Å². The zero-order valence-corrected chi connectivity index (χ0v) is 21.9. The molecule has 6 aromatic carbocycles. The molecule has 0 radical (unpaired) electrons. The zero-order valence-electron chi connectivity index (χ0n) is 21.9. The van der Waals surface area contributed by atoms with Crippen molar-refractivity contribution >= 4 is 0 Å². The molecule has 0 N–H and O–H groups in total. The van der Waals surface area contributed by atoms with Gasteiger partial charge >= 0.3 is 0 Å². The average Bonchev–Trinajstić information content (AvgIpc) is 2.98. The van der Waals surface area contributed by atoms with Crippen molar-refractivity contribution in [3.05, 3.63) is 157 Å². The minimum Gasteiger partial charge on any atom is -0.0622 e. The molecular formula is C38H30. The van der Waals surface area contributed by atoms with E-state index < -0.39 is 0 Å². The zero-order chi connectivity index (χ0) is 25.9. The molecule has 0 saturated carbocycles. The molecule has 0 heterocycles. The molecule has 182 valence electrons. The minimum atomic E-state index is 1.23. The lowest BCUT2D eigenvalue weighted by Gasteiger charge is -2.11. The lowest BCUT2D eigenvalue weighted by atomic mass is 9.93. The fourth-order valence-electron chi connectivity index (χ4n) is 5.28. The number of aryl methyl sites for hydroxylation is 2.